The molecular formula is C35H55NO2S. The summed E-state index contributed by atoms with van der Waals surface area (Å²) in [4.78, 5) is 13.5. The highest BCUT2D eigenvalue weighted by molar-refractivity contribution is 7.98. The van der Waals surface area contributed by atoms with Crippen molar-refractivity contribution in [3.05, 3.63) is 29.8 Å². The molecule has 0 heterocycles. The number of fused-ring (bicyclic) bond motifs is 5. The largest absolute Gasteiger partial charge is 0.449 e. The molecule has 1 aromatic rings. The minimum absolute atomic E-state index is 0.132. The van der Waals surface area contributed by atoms with Crippen LogP contribution in [0.1, 0.15) is 125 Å². The summed E-state index contributed by atoms with van der Waals surface area (Å²) in [6.45, 7) is 17.6. The minimum atomic E-state index is -0.316. The highest BCUT2D eigenvalue weighted by Crippen LogP contribution is 2.73. The maximum atomic E-state index is 12.5. The molecule has 4 aliphatic rings. The first-order chi connectivity index (χ1) is 18.4. The predicted molar refractivity (Wildman–Crippen MR) is 164 cm³/mol. The number of hydrogen-bond donors (Lipinski definition) is 1. The van der Waals surface area contributed by atoms with Crippen LogP contribution < -0.4 is 4.72 Å². The van der Waals surface area contributed by atoms with E-state index in [4.69, 9.17) is 4.74 Å². The first-order valence-corrected chi connectivity index (χ1v) is 16.9. The SMILES string of the molecule is CC[C@H]1CC2[C@H](CCC3(C)C(CCOC(=O)NSc4ccc(C(C)(C)C)cc4)CCC23C)C2(C)CCCCC12. The van der Waals surface area contributed by atoms with Gasteiger partial charge in [-0.2, -0.15) is 0 Å². The lowest BCUT2D eigenvalue weighted by Gasteiger charge is -2.66. The van der Waals surface area contributed by atoms with Crippen LogP contribution >= 0.6 is 11.9 Å². The van der Waals surface area contributed by atoms with Crippen LogP contribution in [0.25, 0.3) is 0 Å². The highest BCUT2D eigenvalue weighted by Gasteiger charge is 2.66. The molecule has 218 valence electrons. The molecule has 0 saturated heterocycles. The van der Waals surface area contributed by atoms with Gasteiger partial charge in [-0.05, 0) is 132 Å². The standard InChI is InChI=1S/C35H55NO2S/c1-8-24-23-30-29(33(5)19-10-9-11-28(24)33)17-21-34(6)26(16-20-35(30,34)7)18-22-38-31(37)36-39-27-14-12-25(13-15-27)32(2,3)4/h12-15,24,26,28-30H,8-11,16-23H2,1-7H3,(H,36,37)/t24-,26?,28?,29-,30?,33?,34?,35?/m0/s1. The lowest BCUT2D eigenvalue weighted by Crippen LogP contribution is -2.59. The average molecular weight is 554 g/mol. The van der Waals surface area contributed by atoms with Crippen molar-refractivity contribution in [2.45, 2.75) is 129 Å². The van der Waals surface area contributed by atoms with E-state index in [1.54, 1.807) is 0 Å². The number of rotatable bonds is 6. The van der Waals surface area contributed by atoms with Gasteiger partial charge >= 0.3 is 6.09 Å². The summed E-state index contributed by atoms with van der Waals surface area (Å²) in [5.41, 5.74) is 2.79. The molecule has 0 radical (unpaired) electrons. The average Bonchev–Trinajstić information content (AvgIpc) is 3.17. The summed E-state index contributed by atoms with van der Waals surface area (Å²) < 4.78 is 8.61. The molecule has 4 saturated carbocycles. The smallest absolute Gasteiger partial charge is 0.417 e. The molecule has 39 heavy (non-hydrogen) atoms. The van der Waals surface area contributed by atoms with Gasteiger partial charge in [0.25, 0.3) is 0 Å². The number of amides is 1. The summed E-state index contributed by atoms with van der Waals surface area (Å²) in [5.74, 6) is 4.33. The van der Waals surface area contributed by atoms with Crippen LogP contribution in [-0.4, -0.2) is 12.7 Å². The van der Waals surface area contributed by atoms with Gasteiger partial charge in [0, 0.05) is 4.90 Å². The fourth-order valence-electron chi connectivity index (χ4n) is 10.4. The van der Waals surface area contributed by atoms with E-state index in [2.05, 4.69) is 77.5 Å². The van der Waals surface area contributed by atoms with Gasteiger partial charge in [0.2, 0.25) is 0 Å². The Bertz CT molecular complexity index is 1020. The van der Waals surface area contributed by atoms with Gasteiger partial charge in [0.1, 0.15) is 0 Å². The third kappa shape index (κ3) is 5.19. The maximum absolute atomic E-state index is 12.5. The summed E-state index contributed by atoms with van der Waals surface area (Å²) in [5, 5.41) is 0. The number of ether oxygens (including phenoxy) is 1. The van der Waals surface area contributed by atoms with Gasteiger partial charge in [-0.15, -0.1) is 0 Å². The Labute approximate surface area is 243 Å². The number of nitrogens with one attached hydrogen (secondary N) is 1. The van der Waals surface area contributed by atoms with E-state index < -0.39 is 0 Å². The zero-order valence-electron chi connectivity index (χ0n) is 25.9. The van der Waals surface area contributed by atoms with E-state index in [1.807, 2.05) is 0 Å². The van der Waals surface area contributed by atoms with Gasteiger partial charge < -0.3 is 4.74 Å². The lowest BCUT2D eigenvalue weighted by atomic mass is 9.39. The summed E-state index contributed by atoms with van der Waals surface area (Å²) in [6.07, 6.45) is 14.8. The highest BCUT2D eigenvalue weighted by atomic mass is 32.2. The predicted octanol–water partition coefficient (Wildman–Crippen LogP) is 10.2. The molecule has 8 atom stereocenters. The van der Waals surface area contributed by atoms with Crippen LogP contribution in [0.15, 0.2) is 29.2 Å². The second kappa shape index (κ2) is 10.9. The summed E-state index contributed by atoms with van der Waals surface area (Å²) in [7, 11) is 0. The molecule has 5 rings (SSSR count). The van der Waals surface area contributed by atoms with Gasteiger partial charge in [0.05, 0.1) is 6.61 Å². The molecule has 0 bridgehead atoms. The topological polar surface area (TPSA) is 38.3 Å². The summed E-state index contributed by atoms with van der Waals surface area (Å²) >= 11 is 1.35. The molecule has 4 heteroatoms. The van der Waals surface area contributed by atoms with Crippen LogP contribution in [0, 0.1) is 45.8 Å². The zero-order valence-corrected chi connectivity index (χ0v) is 26.7. The molecule has 3 nitrogen and oxygen atoms in total. The van der Waals surface area contributed by atoms with Crippen LogP contribution in [0.3, 0.4) is 0 Å². The fourth-order valence-corrected chi connectivity index (χ4v) is 11.0. The lowest BCUT2D eigenvalue weighted by molar-refractivity contribution is -0.172. The molecule has 1 amide bonds. The van der Waals surface area contributed by atoms with E-state index >= 15 is 0 Å². The third-order valence-electron chi connectivity index (χ3n) is 13.0. The van der Waals surface area contributed by atoms with Gasteiger partial charge in [-0.3, -0.25) is 4.72 Å². The molecule has 1 N–H and O–H groups in total. The van der Waals surface area contributed by atoms with Crippen molar-refractivity contribution >= 4 is 18.0 Å². The Kier molecular flexibility index (Phi) is 8.21. The van der Waals surface area contributed by atoms with Crippen molar-refractivity contribution in [3.63, 3.8) is 0 Å². The summed E-state index contributed by atoms with van der Waals surface area (Å²) in [6, 6.07) is 8.44. The van der Waals surface area contributed by atoms with Crippen LogP contribution in [0.4, 0.5) is 4.79 Å². The Morgan fingerprint density at radius 1 is 0.949 bits per heavy atom. The first-order valence-electron chi connectivity index (χ1n) is 16.1. The van der Waals surface area contributed by atoms with E-state index in [1.165, 1.54) is 81.7 Å². The third-order valence-corrected chi connectivity index (χ3v) is 13.8. The Morgan fingerprint density at radius 2 is 1.67 bits per heavy atom. The molecule has 0 spiro atoms. The second-order valence-corrected chi connectivity index (χ2v) is 16.4. The maximum Gasteiger partial charge on any atom is 0.417 e. The van der Waals surface area contributed by atoms with Crippen LogP contribution in [0.2, 0.25) is 0 Å². The molecule has 1 aromatic carbocycles. The fraction of sp³-hybridized carbons (Fsp3) is 0.800. The Morgan fingerprint density at radius 3 is 2.36 bits per heavy atom. The zero-order chi connectivity index (χ0) is 28.1. The molecule has 4 aliphatic carbocycles. The van der Waals surface area contributed by atoms with Crippen molar-refractivity contribution < 1.29 is 9.53 Å². The van der Waals surface area contributed by atoms with Crippen molar-refractivity contribution in [1.82, 2.24) is 4.72 Å². The molecule has 0 aromatic heterocycles. The van der Waals surface area contributed by atoms with E-state index in [0.29, 0.717) is 28.8 Å². The molecule has 4 fully saturated rings. The van der Waals surface area contributed by atoms with E-state index in [0.717, 1.165) is 35.0 Å². The monoisotopic (exact) mass is 553 g/mol. The Hall–Kier alpha value is -1.16. The van der Waals surface area contributed by atoms with Crippen molar-refractivity contribution in [2.75, 3.05) is 6.61 Å². The van der Waals surface area contributed by atoms with Crippen molar-refractivity contribution in [1.29, 1.82) is 0 Å². The quantitative estimate of drug-likeness (QED) is 0.356. The number of hydrogen-bond acceptors (Lipinski definition) is 3. The molecule has 0 aliphatic heterocycles. The second-order valence-electron chi connectivity index (χ2n) is 15.5. The Balaban J connectivity index is 1.17. The molecular weight excluding hydrogens is 498 g/mol. The van der Waals surface area contributed by atoms with Crippen molar-refractivity contribution in [2.24, 2.45) is 45.8 Å². The van der Waals surface area contributed by atoms with E-state index in [-0.39, 0.29) is 11.5 Å². The number of carbonyl (C=O) groups excluding carboxylic acids is 1. The number of carbonyl (C=O) groups is 1. The van der Waals surface area contributed by atoms with E-state index in [9.17, 15) is 4.79 Å². The molecule has 6 unspecified atom stereocenters. The first kappa shape index (κ1) is 29.3. The van der Waals surface area contributed by atoms with Gasteiger partial charge in [0.15, 0.2) is 0 Å². The minimum Gasteiger partial charge on any atom is -0.449 e. The van der Waals surface area contributed by atoms with Crippen LogP contribution in [-0.2, 0) is 10.2 Å². The number of benzene rings is 1. The van der Waals surface area contributed by atoms with Gasteiger partial charge in [-0.25, -0.2) is 4.79 Å². The van der Waals surface area contributed by atoms with Gasteiger partial charge in [-0.1, -0.05) is 79.9 Å². The normalized spacial score (nSPS) is 39.8. The van der Waals surface area contributed by atoms with Crippen LogP contribution in [0.5, 0.6) is 0 Å². The van der Waals surface area contributed by atoms with Crippen molar-refractivity contribution in [3.8, 4) is 0 Å².